The number of fused-ring (bicyclic) bond motifs is 2. The molecule has 3 atom stereocenters. The molecule has 1 amide bonds. The predicted octanol–water partition coefficient (Wildman–Crippen LogP) is 4.15. The van der Waals surface area contributed by atoms with Gasteiger partial charge in [-0.05, 0) is 78.9 Å². The summed E-state index contributed by atoms with van der Waals surface area (Å²) in [4.78, 5) is 16.8. The molecule has 30 heavy (non-hydrogen) atoms. The van der Waals surface area contributed by atoms with Crippen molar-refractivity contribution in [1.29, 1.82) is 0 Å². The molecule has 2 bridgehead atoms. The van der Waals surface area contributed by atoms with Crippen LogP contribution in [0.4, 0.5) is 0 Å². The number of piperidine rings is 1. The van der Waals surface area contributed by atoms with Crippen molar-refractivity contribution in [1.82, 2.24) is 15.1 Å². The standard InChI is InChI=1S/C23H39N3O2.C2H6/c1-4-5-6-18(2)13-21(26(17-27)19-9-11-24-12-10-19)16-25(3)20-14-22-7-8-23(15-20)28-22;1-2/h4-6,17,19-24H,7-16H2,1-3H3;1-2H3/b5-4-,18-6+;. The van der Waals surface area contributed by atoms with Crippen molar-refractivity contribution in [3.8, 4) is 0 Å². The fourth-order valence-corrected chi connectivity index (χ4v) is 5.21. The number of amides is 1. The van der Waals surface area contributed by atoms with Crippen LogP contribution in [-0.4, -0.2) is 73.2 Å². The average molecular weight is 420 g/mol. The Bertz CT molecular complexity index is 545. The summed E-state index contributed by atoms with van der Waals surface area (Å²) in [6.45, 7) is 11.2. The van der Waals surface area contributed by atoms with Gasteiger partial charge in [-0.2, -0.15) is 0 Å². The normalized spacial score (nSPS) is 28.3. The van der Waals surface area contributed by atoms with Gasteiger partial charge >= 0.3 is 0 Å². The van der Waals surface area contributed by atoms with Gasteiger partial charge in [0.05, 0.1) is 12.2 Å². The molecule has 3 rings (SSSR count). The minimum atomic E-state index is 0.229. The molecule has 0 radical (unpaired) electrons. The molecule has 0 aromatic rings. The van der Waals surface area contributed by atoms with Crippen molar-refractivity contribution < 1.29 is 9.53 Å². The van der Waals surface area contributed by atoms with E-state index in [2.05, 4.69) is 47.3 Å². The van der Waals surface area contributed by atoms with Gasteiger partial charge < -0.3 is 19.9 Å². The lowest BCUT2D eigenvalue weighted by molar-refractivity contribution is -0.124. The van der Waals surface area contributed by atoms with Crippen molar-refractivity contribution >= 4 is 6.41 Å². The first-order valence-electron chi connectivity index (χ1n) is 12.2. The number of allylic oxidation sites excluding steroid dienone is 3. The van der Waals surface area contributed by atoms with Crippen LogP contribution in [0.5, 0.6) is 0 Å². The number of ether oxygens (including phenoxy) is 1. The maximum Gasteiger partial charge on any atom is 0.210 e. The molecule has 0 aliphatic carbocycles. The van der Waals surface area contributed by atoms with Crippen LogP contribution in [0.15, 0.2) is 23.8 Å². The number of nitrogens with zero attached hydrogens (tertiary/aromatic N) is 2. The smallest absolute Gasteiger partial charge is 0.210 e. The lowest BCUT2D eigenvalue weighted by Gasteiger charge is -2.42. The molecular formula is C25H45N3O2. The van der Waals surface area contributed by atoms with Crippen molar-refractivity contribution in [2.24, 2.45) is 0 Å². The van der Waals surface area contributed by atoms with Gasteiger partial charge in [0, 0.05) is 24.7 Å². The summed E-state index contributed by atoms with van der Waals surface area (Å²) in [5.41, 5.74) is 1.34. The quantitative estimate of drug-likeness (QED) is 0.450. The molecular weight excluding hydrogens is 374 g/mol. The minimum Gasteiger partial charge on any atom is -0.375 e. The van der Waals surface area contributed by atoms with Gasteiger partial charge in [0.25, 0.3) is 0 Å². The second-order valence-electron chi connectivity index (χ2n) is 8.95. The van der Waals surface area contributed by atoms with Crippen molar-refractivity contribution in [3.05, 3.63) is 23.8 Å². The third kappa shape index (κ3) is 7.21. The van der Waals surface area contributed by atoms with Crippen molar-refractivity contribution in [2.75, 3.05) is 26.7 Å². The second kappa shape index (κ2) is 13.3. The van der Waals surface area contributed by atoms with Crippen LogP contribution in [0, 0.1) is 0 Å². The van der Waals surface area contributed by atoms with E-state index in [1.165, 1.54) is 18.4 Å². The third-order valence-electron chi connectivity index (χ3n) is 6.79. The summed E-state index contributed by atoms with van der Waals surface area (Å²) in [7, 11) is 2.25. The van der Waals surface area contributed by atoms with Crippen LogP contribution in [0.3, 0.4) is 0 Å². The van der Waals surface area contributed by atoms with Crippen LogP contribution in [0.1, 0.15) is 72.6 Å². The highest BCUT2D eigenvalue weighted by Gasteiger charge is 2.37. The lowest BCUT2D eigenvalue weighted by atomic mass is 9.97. The van der Waals surface area contributed by atoms with Gasteiger partial charge in [-0.3, -0.25) is 4.79 Å². The first kappa shape index (κ1) is 25.1. The van der Waals surface area contributed by atoms with Crippen LogP contribution in [0.25, 0.3) is 0 Å². The zero-order valence-corrected chi connectivity index (χ0v) is 20.0. The number of carbonyl (C=O) groups is 1. The topological polar surface area (TPSA) is 44.8 Å². The molecule has 5 nitrogen and oxygen atoms in total. The third-order valence-corrected chi connectivity index (χ3v) is 6.79. The Morgan fingerprint density at radius 2 is 1.73 bits per heavy atom. The van der Waals surface area contributed by atoms with E-state index in [1.54, 1.807) is 0 Å². The van der Waals surface area contributed by atoms with E-state index in [9.17, 15) is 4.79 Å². The summed E-state index contributed by atoms with van der Waals surface area (Å²) in [5.74, 6) is 0. The van der Waals surface area contributed by atoms with Crippen molar-refractivity contribution in [2.45, 2.75) is 103 Å². The molecule has 0 aromatic heterocycles. The molecule has 3 fully saturated rings. The Morgan fingerprint density at radius 1 is 1.10 bits per heavy atom. The van der Waals surface area contributed by atoms with Crippen LogP contribution in [-0.2, 0) is 9.53 Å². The molecule has 0 aromatic carbocycles. The summed E-state index contributed by atoms with van der Waals surface area (Å²) < 4.78 is 6.04. The number of carbonyl (C=O) groups excluding carboxylic acids is 1. The lowest BCUT2D eigenvalue weighted by Crippen LogP contribution is -2.53. The molecule has 0 saturated carbocycles. The van der Waals surface area contributed by atoms with E-state index < -0.39 is 0 Å². The van der Waals surface area contributed by atoms with Crippen LogP contribution < -0.4 is 5.32 Å². The largest absolute Gasteiger partial charge is 0.375 e. The highest BCUT2D eigenvalue weighted by atomic mass is 16.5. The Kier molecular flexibility index (Phi) is 11.1. The van der Waals surface area contributed by atoms with Crippen LogP contribution >= 0.6 is 0 Å². The first-order chi connectivity index (χ1) is 14.6. The van der Waals surface area contributed by atoms with Gasteiger partial charge in [0.15, 0.2) is 0 Å². The number of rotatable bonds is 9. The fourth-order valence-electron chi connectivity index (χ4n) is 5.21. The molecule has 1 N–H and O–H groups in total. The number of hydrogen-bond donors (Lipinski definition) is 1. The molecule has 3 aliphatic heterocycles. The summed E-state index contributed by atoms with van der Waals surface area (Å²) in [6, 6.07) is 1.17. The summed E-state index contributed by atoms with van der Waals surface area (Å²) >= 11 is 0. The zero-order chi connectivity index (χ0) is 21.9. The van der Waals surface area contributed by atoms with Crippen molar-refractivity contribution in [3.63, 3.8) is 0 Å². The average Bonchev–Trinajstić information content (AvgIpc) is 3.12. The van der Waals surface area contributed by atoms with E-state index in [1.807, 2.05) is 20.8 Å². The maximum absolute atomic E-state index is 12.1. The molecule has 172 valence electrons. The van der Waals surface area contributed by atoms with Gasteiger partial charge in [0.2, 0.25) is 6.41 Å². The Balaban J connectivity index is 0.00000155. The molecule has 0 spiro atoms. The van der Waals surface area contributed by atoms with E-state index >= 15 is 0 Å². The zero-order valence-electron chi connectivity index (χ0n) is 20.0. The van der Waals surface area contributed by atoms with E-state index in [-0.39, 0.29) is 6.04 Å². The maximum atomic E-state index is 12.1. The number of hydrogen-bond acceptors (Lipinski definition) is 4. The van der Waals surface area contributed by atoms with Crippen LogP contribution in [0.2, 0.25) is 0 Å². The van der Waals surface area contributed by atoms with E-state index in [0.29, 0.717) is 24.3 Å². The number of nitrogens with one attached hydrogen (secondary N) is 1. The minimum absolute atomic E-state index is 0.229. The van der Waals surface area contributed by atoms with Gasteiger partial charge in [-0.25, -0.2) is 0 Å². The first-order valence-corrected chi connectivity index (χ1v) is 12.2. The highest BCUT2D eigenvalue weighted by molar-refractivity contribution is 5.49. The monoisotopic (exact) mass is 419 g/mol. The Hall–Kier alpha value is -1.17. The van der Waals surface area contributed by atoms with Gasteiger partial charge in [-0.1, -0.05) is 37.6 Å². The molecule has 3 saturated heterocycles. The highest BCUT2D eigenvalue weighted by Crippen LogP contribution is 2.34. The molecule has 3 heterocycles. The van der Waals surface area contributed by atoms with E-state index in [4.69, 9.17) is 4.74 Å². The van der Waals surface area contributed by atoms with Gasteiger partial charge in [-0.15, -0.1) is 0 Å². The summed E-state index contributed by atoms with van der Waals surface area (Å²) in [5, 5.41) is 3.42. The summed E-state index contributed by atoms with van der Waals surface area (Å²) in [6.07, 6.45) is 16.1. The number of likely N-dealkylation sites (N-methyl/N-ethyl adjacent to an activating group) is 1. The predicted molar refractivity (Wildman–Crippen MR) is 126 cm³/mol. The van der Waals surface area contributed by atoms with Gasteiger partial charge in [0.1, 0.15) is 0 Å². The Morgan fingerprint density at radius 3 is 2.30 bits per heavy atom. The molecule has 3 unspecified atom stereocenters. The Labute approximate surface area is 184 Å². The fraction of sp³-hybridized carbons (Fsp3) is 0.800. The molecule has 5 heteroatoms. The SMILES string of the molecule is C/C=C\C=C(/C)CC(CN(C)C1CC2CCC(C1)O2)N(C=O)C1CCNCC1.CC. The van der Waals surface area contributed by atoms with E-state index in [0.717, 1.165) is 58.1 Å². The second-order valence-corrected chi connectivity index (χ2v) is 8.95. The molecule has 3 aliphatic rings.